The third-order valence-corrected chi connectivity index (χ3v) is 4.39. The SMILES string of the molecule is Nc1ccc2c(Nc3cccc(Cl)c3Br)ccnc2c1. The van der Waals surface area contributed by atoms with E-state index in [2.05, 4.69) is 26.2 Å². The Morgan fingerprint density at radius 2 is 1.95 bits per heavy atom. The fraction of sp³-hybridized carbons (Fsp3) is 0. The van der Waals surface area contributed by atoms with Gasteiger partial charge in [0.2, 0.25) is 0 Å². The molecule has 3 aromatic rings. The van der Waals surface area contributed by atoms with Gasteiger partial charge in [-0.2, -0.15) is 0 Å². The molecule has 20 heavy (non-hydrogen) atoms. The number of hydrogen-bond donors (Lipinski definition) is 2. The van der Waals surface area contributed by atoms with E-state index in [9.17, 15) is 0 Å². The minimum atomic E-state index is 0.664. The fourth-order valence-electron chi connectivity index (χ4n) is 2.02. The molecule has 0 amide bonds. The zero-order valence-electron chi connectivity index (χ0n) is 10.4. The first-order valence-corrected chi connectivity index (χ1v) is 7.17. The van der Waals surface area contributed by atoms with Gasteiger partial charge in [-0.3, -0.25) is 4.98 Å². The summed E-state index contributed by atoms with van der Waals surface area (Å²) in [4.78, 5) is 4.33. The van der Waals surface area contributed by atoms with Gasteiger partial charge in [-0.25, -0.2) is 0 Å². The van der Waals surface area contributed by atoms with Crippen molar-refractivity contribution in [3.8, 4) is 0 Å². The summed E-state index contributed by atoms with van der Waals surface area (Å²) >= 11 is 9.59. The van der Waals surface area contributed by atoms with E-state index < -0.39 is 0 Å². The Morgan fingerprint density at radius 3 is 2.80 bits per heavy atom. The second-order valence-corrected chi connectivity index (χ2v) is 5.56. The highest BCUT2D eigenvalue weighted by atomic mass is 79.9. The molecule has 100 valence electrons. The minimum absolute atomic E-state index is 0.664. The second kappa shape index (κ2) is 5.31. The Hall–Kier alpha value is -1.78. The maximum absolute atomic E-state index is 6.10. The number of nitrogens with zero attached hydrogens (tertiary/aromatic N) is 1. The molecule has 0 saturated carbocycles. The van der Waals surface area contributed by atoms with Crippen LogP contribution in [0.25, 0.3) is 10.9 Å². The molecular formula is C15H11BrClN3. The highest BCUT2D eigenvalue weighted by molar-refractivity contribution is 9.10. The van der Waals surface area contributed by atoms with Crippen molar-refractivity contribution in [2.45, 2.75) is 0 Å². The number of aromatic nitrogens is 1. The van der Waals surface area contributed by atoms with Crippen LogP contribution in [0.5, 0.6) is 0 Å². The molecule has 1 aromatic heterocycles. The van der Waals surface area contributed by atoms with Crippen molar-refractivity contribution in [3.05, 3.63) is 58.2 Å². The summed E-state index contributed by atoms with van der Waals surface area (Å²) < 4.78 is 0.835. The minimum Gasteiger partial charge on any atom is -0.399 e. The zero-order chi connectivity index (χ0) is 14.1. The number of halogens is 2. The summed E-state index contributed by atoms with van der Waals surface area (Å²) in [7, 11) is 0. The summed E-state index contributed by atoms with van der Waals surface area (Å²) in [6, 6.07) is 13.3. The monoisotopic (exact) mass is 347 g/mol. The number of fused-ring (bicyclic) bond motifs is 1. The summed E-state index contributed by atoms with van der Waals surface area (Å²) in [6.07, 6.45) is 1.75. The molecule has 2 aromatic carbocycles. The van der Waals surface area contributed by atoms with Crippen LogP contribution in [0, 0.1) is 0 Å². The molecule has 0 saturated heterocycles. The lowest BCUT2D eigenvalue weighted by molar-refractivity contribution is 1.40. The molecule has 0 atom stereocenters. The van der Waals surface area contributed by atoms with Crippen LogP contribution in [-0.4, -0.2) is 4.98 Å². The Morgan fingerprint density at radius 1 is 1.10 bits per heavy atom. The van der Waals surface area contributed by atoms with Crippen LogP contribution in [-0.2, 0) is 0 Å². The van der Waals surface area contributed by atoms with E-state index in [0.717, 1.165) is 26.8 Å². The predicted octanol–water partition coefficient (Wildman–Crippen LogP) is 4.98. The van der Waals surface area contributed by atoms with E-state index in [1.807, 2.05) is 42.5 Å². The molecule has 0 aliphatic heterocycles. The molecule has 3 N–H and O–H groups in total. The lowest BCUT2D eigenvalue weighted by Gasteiger charge is -2.12. The van der Waals surface area contributed by atoms with Crippen LogP contribution < -0.4 is 11.1 Å². The molecule has 0 fully saturated rings. The molecule has 0 radical (unpaired) electrons. The van der Waals surface area contributed by atoms with E-state index >= 15 is 0 Å². The maximum Gasteiger partial charge on any atom is 0.0743 e. The van der Waals surface area contributed by atoms with Crippen LogP contribution in [0.3, 0.4) is 0 Å². The third-order valence-electron chi connectivity index (χ3n) is 2.99. The van der Waals surface area contributed by atoms with Gasteiger partial charge < -0.3 is 11.1 Å². The third kappa shape index (κ3) is 2.44. The molecule has 1 heterocycles. The Bertz CT molecular complexity index is 789. The average Bonchev–Trinajstić information content (AvgIpc) is 2.44. The average molecular weight is 349 g/mol. The van der Waals surface area contributed by atoms with Crippen molar-refractivity contribution in [1.29, 1.82) is 0 Å². The van der Waals surface area contributed by atoms with Crippen LogP contribution in [0.2, 0.25) is 5.02 Å². The highest BCUT2D eigenvalue weighted by Gasteiger charge is 2.07. The topological polar surface area (TPSA) is 50.9 Å². The highest BCUT2D eigenvalue weighted by Crippen LogP contribution is 2.34. The number of pyridine rings is 1. The summed E-state index contributed by atoms with van der Waals surface area (Å²) in [5.41, 5.74) is 9.20. The fourth-order valence-corrected chi connectivity index (χ4v) is 2.56. The van der Waals surface area contributed by atoms with Crippen molar-refractivity contribution >= 4 is 55.5 Å². The van der Waals surface area contributed by atoms with E-state index in [1.165, 1.54) is 0 Å². The molecular weight excluding hydrogens is 338 g/mol. The van der Waals surface area contributed by atoms with Gasteiger partial charge in [0.1, 0.15) is 0 Å². The van der Waals surface area contributed by atoms with Crippen molar-refractivity contribution in [2.24, 2.45) is 0 Å². The first kappa shape index (κ1) is 13.2. The van der Waals surface area contributed by atoms with Gasteiger partial charge in [-0.15, -0.1) is 0 Å². The van der Waals surface area contributed by atoms with E-state index in [4.69, 9.17) is 17.3 Å². The molecule has 0 bridgehead atoms. The Balaban J connectivity index is 2.09. The lowest BCUT2D eigenvalue weighted by atomic mass is 10.1. The van der Waals surface area contributed by atoms with Crippen molar-refractivity contribution in [1.82, 2.24) is 4.98 Å². The van der Waals surface area contributed by atoms with Gasteiger partial charge in [0, 0.05) is 23.0 Å². The van der Waals surface area contributed by atoms with E-state index in [1.54, 1.807) is 6.20 Å². The van der Waals surface area contributed by atoms with Gasteiger partial charge in [-0.05, 0) is 52.3 Å². The molecule has 3 nitrogen and oxygen atoms in total. The molecule has 0 aliphatic carbocycles. The second-order valence-electron chi connectivity index (χ2n) is 4.36. The Labute approximate surface area is 129 Å². The number of nitrogen functional groups attached to an aromatic ring is 1. The van der Waals surface area contributed by atoms with E-state index in [-0.39, 0.29) is 0 Å². The van der Waals surface area contributed by atoms with Gasteiger partial charge in [0.05, 0.1) is 20.7 Å². The van der Waals surface area contributed by atoms with Gasteiger partial charge in [0.25, 0.3) is 0 Å². The van der Waals surface area contributed by atoms with E-state index in [0.29, 0.717) is 10.7 Å². The van der Waals surface area contributed by atoms with Crippen molar-refractivity contribution in [2.75, 3.05) is 11.1 Å². The number of hydrogen-bond acceptors (Lipinski definition) is 3. The van der Waals surface area contributed by atoms with Gasteiger partial charge in [0.15, 0.2) is 0 Å². The standard InChI is InChI=1S/C15H11BrClN3/c16-15-11(17)2-1-3-13(15)20-12-6-7-19-14-8-9(18)4-5-10(12)14/h1-8H,18H2,(H,19,20). The van der Waals surface area contributed by atoms with Gasteiger partial charge >= 0.3 is 0 Å². The first-order chi connectivity index (χ1) is 9.65. The van der Waals surface area contributed by atoms with Crippen LogP contribution in [0.4, 0.5) is 17.1 Å². The smallest absolute Gasteiger partial charge is 0.0743 e. The Kier molecular flexibility index (Phi) is 3.51. The first-order valence-electron chi connectivity index (χ1n) is 6.00. The predicted molar refractivity (Wildman–Crippen MR) is 88.6 cm³/mol. The quantitative estimate of drug-likeness (QED) is 0.642. The normalized spacial score (nSPS) is 10.7. The van der Waals surface area contributed by atoms with Crippen LogP contribution >= 0.6 is 27.5 Å². The molecule has 0 unspecified atom stereocenters. The van der Waals surface area contributed by atoms with Crippen molar-refractivity contribution < 1.29 is 0 Å². The largest absolute Gasteiger partial charge is 0.399 e. The number of rotatable bonds is 2. The number of nitrogens with two attached hydrogens (primary N) is 1. The summed E-state index contributed by atoms with van der Waals surface area (Å²) in [5, 5.41) is 5.04. The molecule has 5 heteroatoms. The number of benzene rings is 2. The maximum atomic E-state index is 6.10. The summed E-state index contributed by atoms with van der Waals surface area (Å²) in [6.45, 7) is 0. The van der Waals surface area contributed by atoms with Crippen LogP contribution in [0.15, 0.2) is 53.1 Å². The van der Waals surface area contributed by atoms with Crippen molar-refractivity contribution in [3.63, 3.8) is 0 Å². The van der Waals surface area contributed by atoms with Crippen LogP contribution in [0.1, 0.15) is 0 Å². The number of anilines is 3. The summed E-state index contributed by atoms with van der Waals surface area (Å²) in [5.74, 6) is 0. The van der Waals surface area contributed by atoms with Gasteiger partial charge in [-0.1, -0.05) is 17.7 Å². The number of nitrogens with one attached hydrogen (secondary N) is 1. The lowest BCUT2D eigenvalue weighted by Crippen LogP contribution is -1.94. The molecule has 3 rings (SSSR count). The zero-order valence-corrected chi connectivity index (χ0v) is 12.7. The molecule has 0 aliphatic rings. The molecule has 0 spiro atoms.